The minimum absolute atomic E-state index is 0.0478. The molecular formula is C12H14F2N4O. The van der Waals surface area contributed by atoms with Crippen LogP contribution in [0.5, 0.6) is 0 Å². The van der Waals surface area contributed by atoms with E-state index < -0.39 is 11.6 Å². The third-order valence-electron chi connectivity index (χ3n) is 2.69. The van der Waals surface area contributed by atoms with Gasteiger partial charge in [0.25, 0.3) is 0 Å². The Morgan fingerprint density at radius 1 is 1.42 bits per heavy atom. The van der Waals surface area contributed by atoms with Gasteiger partial charge in [0.1, 0.15) is 6.54 Å². The summed E-state index contributed by atoms with van der Waals surface area (Å²) in [6, 6.07) is 1.95. The largest absolute Gasteiger partial charge is 0.369 e. The number of anilines is 1. The number of fused-ring (bicyclic) bond motifs is 1. The number of carbonyl (C=O) groups is 1. The number of nitrogens with one attached hydrogen (secondary N) is 1. The molecule has 0 radical (unpaired) electrons. The van der Waals surface area contributed by atoms with Crippen molar-refractivity contribution in [2.75, 3.05) is 12.3 Å². The summed E-state index contributed by atoms with van der Waals surface area (Å²) >= 11 is 0. The Labute approximate surface area is 108 Å². The number of rotatable bonds is 4. The van der Waals surface area contributed by atoms with Gasteiger partial charge in [0.05, 0.1) is 11.0 Å². The molecule has 0 atom stereocenters. The Morgan fingerprint density at radius 2 is 2.11 bits per heavy atom. The number of nitrogens with zero attached hydrogens (tertiary/aromatic N) is 2. The topological polar surface area (TPSA) is 72.9 Å². The second kappa shape index (κ2) is 5.21. The molecule has 0 aliphatic carbocycles. The van der Waals surface area contributed by atoms with Gasteiger partial charge in [-0.25, -0.2) is 13.8 Å². The third-order valence-corrected chi connectivity index (χ3v) is 2.69. The summed E-state index contributed by atoms with van der Waals surface area (Å²) in [6.45, 7) is 2.40. The normalized spacial score (nSPS) is 10.9. The molecule has 0 saturated heterocycles. The van der Waals surface area contributed by atoms with Crippen molar-refractivity contribution in [3.8, 4) is 0 Å². The van der Waals surface area contributed by atoms with Gasteiger partial charge in [0.15, 0.2) is 11.6 Å². The zero-order chi connectivity index (χ0) is 14.0. The first-order chi connectivity index (χ1) is 9.02. The second-order valence-electron chi connectivity index (χ2n) is 4.16. The number of aromatic nitrogens is 2. The molecule has 0 aliphatic rings. The minimum Gasteiger partial charge on any atom is -0.369 e. The van der Waals surface area contributed by atoms with Crippen LogP contribution in [0.1, 0.15) is 13.3 Å². The maximum Gasteiger partial charge on any atom is 0.240 e. The summed E-state index contributed by atoms with van der Waals surface area (Å²) in [5.41, 5.74) is 6.17. The zero-order valence-electron chi connectivity index (χ0n) is 10.4. The molecule has 1 amide bonds. The van der Waals surface area contributed by atoms with Crippen molar-refractivity contribution in [1.82, 2.24) is 14.9 Å². The Kier molecular flexibility index (Phi) is 3.64. The first-order valence-corrected chi connectivity index (χ1v) is 5.90. The monoisotopic (exact) mass is 268 g/mol. The quantitative estimate of drug-likeness (QED) is 0.880. The lowest BCUT2D eigenvalue weighted by atomic mass is 10.3. The summed E-state index contributed by atoms with van der Waals surface area (Å²) in [6.07, 6.45) is 0.811. The van der Waals surface area contributed by atoms with Gasteiger partial charge in [0.2, 0.25) is 11.9 Å². The van der Waals surface area contributed by atoms with Crippen molar-refractivity contribution in [3.05, 3.63) is 23.8 Å². The highest BCUT2D eigenvalue weighted by Crippen LogP contribution is 2.20. The summed E-state index contributed by atoms with van der Waals surface area (Å²) in [4.78, 5) is 15.5. The molecular weight excluding hydrogens is 254 g/mol. The lowest BCUT2D eigenvalue weighted by Gasteiger charge is -2.07. The molecule has 5 nitrogen and oxygen atoms in total. The van der Waals surface area contributed by atoms with Crippen LogP contribution in [-0.4, -0.2) is 22.0 Å². The highest BCUT2D eigenvalue weighted by Gasteiger charge is 2.14. The summed E-state index contributed by atoms with van der Waals surface area (Å²) in [5, 5.41) is 2.68. The highest BCUT2D eigenvalue weighted by atomic mass is 19.2. The predicted molar refractivity (Wildman–Crippen MR) is 67.4 cm³/mol. The van der Waals surface area contributed by atoms with Gasteiger partial charge in [-0.05, 0) is 6.42 Å². The predicted octanol–water partition coefficient (Wildman–Crippen LogP) is 1.42. The zero-order valence-corrected chi connectivity index (χ0v) is 10.4. The van der Waals surface area contributed by atoms with Crippen molar-refractivity contribution >= 4 is 22.9 Å². The van der Waals surface area contributed by atoms with E-state index in [-0.39, 0.29) is 23.9 Å². The third kappa shape index (κ3) is 2.64. The number of carbonyl (C=O) groups excluding carboxylic acids is 1. The van der Waals surface area contributed by atoms with Crippen LogP contribution in [-0.2, 0) is 11.3 Å². The molecule has 0 fully saturated rings. The molecule has 7 heteroatoms. The number of benzene rings is 1. The van der Waals surface area contributed by atoms with Crippen LogP contribution in [0.3, 0.4) is 0 Å². The molecule has 2 rings (SSSR count). The van der Waals surface area contributed by atoms with Gasteiger partial charge in [0, 0.05) is 18.7 Å². The van der Waals surface area contributed by atoms with Gasteiger partial charge in [-0.3, -0.25) is 4.79 Å². The molecule has 2 aromatic rings. The van der Waals surface area contributed by atoms with Gasteiger partial charge >= 0.3 is 0 Å². The van der Waals surface area contributed by atoms with Crippen LogP contribution in [0.15, 0.2) is 12.1 Å². The van der Waals surface area contributed by atoms with Gasteiger partial charge in [-0.2, -0.15) is 0 Å². The van der Waals surface area contributed by atoms with Gasteiger partial charge in [-0.1, -0.05) is 6.92 Å². The van der Waals surface area contributed by atoms with Gasteiger partial charge in [-0.15, -0.1) is 0 Å². The van der Waals surface area contributed by atoms with Crippen molar-refractivity contribution < 1.29 is 13.6 Å². The molecule has 0 bridgehead atoms. The van der Waals surface area contributed by atoms with E-state index in [1.54, 1.807) is 0 Å². The molecule has 102 valence electrons. The maximum absolute atomic E-state index is 13.2. The molecule has 0 aliphatic heterocycles. The van der Waals surface area contributed by atoms with E-state index >= 15 is 0 Å². The van der Waals surface area contributed by atoms with Crippen molar-refractivity contribution in [2.45, 2.75) is 19.9 Å². The fourth-order valence-electron chi connectivity index (χ4n) is 1.77. The lowest BCUT2D eigenvalue weighted by molar-refractivity contribution is -0.121. The molecule has 1 aromatic carbocycles. The smallest absolute Gasteiger partial charge is 0.240 e. The van der Waals surface area contributed by atoms with E-state index in [0.29, 0.717) is 12.1 Å². The molecule has 1 heterocycles. The molecule has 19 heavy (non-hydrogen) atoms. The fraction of sp³-hybridized carbons (Fsp3) is 0.333. The van der Waals surface area contributed by atoms with Crippen molar-refractivity contribution in [1.29, 1.82) is 0 Å². The molecule has 0 spiro atoms. The van der Waals surface area contributed by atoms with E-state index in [4.69, 9.17) is 5.73 Å². The molecule has 0 unspecified atom stereocenters. The van der Waals surface area contributed by atoms with E-state index in [2.05, 4.69) is 10.3 Å². The number of hydrogen-bond donors (Lipinski definition) is 2. The van der Waals surface area contributed by atoms with E-state index in [1.807, 2.05) is 6.92 Å². The first-order valence-electron chi connectivity index (χ1n) is 5.90. The van der Waals surface area contributed by atoms with Gasteiger partial charge < -0.3 is 15.6 Å². The van der Waals surface area contributed by atoms with Crippen LogP contribution < -0.4 is 11.1 Å². The van der Waals surface area contributed by atoms with Crippen molar-refractivity contribution in [3.63, 3.8) is 0 Å². The standard InChI is InChI=1S/C12H14F2N4O/c1-2-3-16-11(19)6-18-10-5-8(14)7(13)4-9(10)17-12(18)15/h4-5H,2-3,6H2,1H3,(H2,15,17)(H,16,19). The Morgan fingerprint density at radius 3 is 2.79 bits per heavy atom. The number of halogens is 2. The number of nitrogen functional groups attached to an aromatic ring is 1. The van der Waals surface area contributed by atoms with Crippen LogP contribution >= 0.6 is 0 Å². The summed E-state index contributed by atoms with van der Waals surface area (Å²) in [7, 11) is 0. The fourth-order valence-corrected chi connectivity index (χ4v) is 1.77. The molecule has 0 saturated carbocycles. The number of amides is 1. The molecule has 3 N–H and O–H groups in total. The highest BCUT2D eigenvalue weighted by molar-refractivity contribution is 5.82. The van der Waals surface area contributed by atoms with E-state index in [1.165, 1.54) is 4.57 Å². The Hall–Kier alpha value is -2.18. The second-order valence-corrected chi connectivity index (χ2v) is 4.16. The SMILES string of the molecule is CCCNC(=O)Cn1c(N)nc2cc(F)c(F)cc21. The maximum atomic E-state index is 13.2. The molecule has 1 aromatic heterocycles. The Bertz CT molecular complexity index is 624. The Balaban J connectivity index is 2.34. The lowest BCUT2D eigenvalue weighted by Crippen LogP contribution is -2.28. The summed E-state index contributed by atoms with van der Waals surface area (Å²) < 4.78 is 27.6. The van der Waals surface area contributed by atoms with Crippen molar-refractivity contribution in [2.24, 2.45) is 0 Å². The van der Waals surface area contributed by atoms with Crippen LogP contribution in [0.2, 0.25) is 0 Å². The number of nitrogens with two attached hydrogens (primary N) is 1. The number of imidazole rings is 1. The van der Waals surface area contributed by atoms with E-state index in [9.17, 15) is 13.6 Å². The van der Waals surface area contributed by atoms with E-state index in [0.717, 1.165) is 18.6 Å². The van der Waals surface area contributed by atoms with Crippen LogP contribution in [0, 0.1) is 11.6 Å². The minimum atomic E-state index is -0.998. The van der Waals surface area contributed by atoms with Crippen LogP contribution in [0.4, 0.5) is 14.7 Å². The van der Waals surface area contributed by atoms with Crippen LogP contribution in [0.25, 0.3) is 11.0 Å². The average Bonchev–Trinajstić information content (AvgIpc) is 2.64. The number of hydrogen-bond acceptors (Lipinski definition) is 3. The summed E-state index contributed by atoms with van der Waals surface area (Å²) in [5.74, 6) is -2.19. The average molecular weight is 268 g/mol. The first kappa shape index (κ1) is 13.3.